The van der Waals surface area contributed by atoms with Gasteiger partial charge in [0.1, 0.15) is 5.75 Å². The summed E-state index contributed by atoms with van der Waals surface area (Å²) in [6.07, 6.45) is 2.44. The number of hydrogen-bond donors (Lipinski definition) is 2. The van der Waals surface area contributed by atoms with Gasteiger partial charge in [-0.15, -0.1) is 0 Å². The Morgan fingerprint density at radius 3 is 2.35 bits per heavy atom. The molecule has 138 valence electrons. The molecule has 0 aromatic heterocycles. The van der Waals surface area contributed by atoms with Crippen molar-refractivity contribution in [3.8, 4) is 5.75 Å². The number of hydrogen-bond acceptors (Lipinski definition) is 3. The molecule has 0 radical (unpaired) electrons. The first kappa shape index (κ1) is 18.5. The van der Waals surface area contributed by atoms with Crippen molar-refractivity contribution in [3.63, 3.8) is 0 Å². The van der Waals surface area contributed by atoms with Gasteiger partial charge in [-0.1, -0.05) is 48.5 Å². The molecule has 0 unspecified atom stereocenters. The third-order valence-electron chi connectivity index (χ3n) is 5.29. The van der Waals surface area contributed by atoms with E-state index in [9.17, 15) is 9.90 Å². The number of carbonyl (C=O) groups excluding carboxylic acids is 1. The number of benzene rings is 2. The molecule has 0 saturated carbocycles. The summed E-state index contributed by atoms with van der Waals surface area (Å²) in [6.45, 7) is 6.70. The minimum Gasteiger partial charge on any atom is -0.508 e. The highest BCUT2D eigenvalue weighted by Gasteiger charge is 2.34. The number of para-hydroxylation sites is 1. The molecule has 4 nitrogen and oxygen atoms in total. The number of aromatic hydroxyl groups is 1. The lowest BCUT2D eigenvalue weighted by Gasteiger charge is -2.30. The van der Waals surface area contributed by atoms with E-state index >= 15 is 0 Å². The second kappa shape index (κ2) is 7.92. The van der Waals surface area contributed by atoms with Crippen molar-refractivity contribution in [2.75, 3.05) is 19.6 Å². The number of amides is 1. The normalized spacial score (nSPS) is 16.4. The van der Waals surface area contributed by atoms with Crippen LogP contribution in [0.15, 0.2) is 54.6 Å². The zero-order chi connectivity index (χ0) is 18.6. The molecule has 2 aromatic rings. The Morgan fingerprint density at radius 2 is 1.69 bits per heavy atom. The quantitative estimate of drug-likeness (QED) is 0.835. The van der Waals surface area contributed by atoms with E-state index in [1.807, 2.05) is 44.2 Å². The second-order valence-electron chi connectivity index (χ2n) is 7.59. The molecule has 1 aliphatic rings. The van der Waals surface area contributed by atoms with Crippen LogP contribution in [0.4, 0.5) is 0 Å². The molecule has 3 rings (SSSR count). The van der Waals surface area contributed by atoms with Crippen molar-refractivity contribution in [1.29, 1.82) is 0 Å². The molecule has 1 saturated heterocycles. The first-order valence-corrected chi connectivity index (χ1v) is 9.35. The summed E-state index contributed by atoms with van der Waals surface area (Å²) < 4.78 is 0. The van der Waals surface area contributed by atoms with Crippen molar-refractivity contribution in [2.24, 2.45) is 0 Å². The van der Waals surface area contributed by atoms with Crippen molar-refractivity contribution in [3.05, 3.63) is 65.7 Å². The Hall–Kier alpha value is -2.33. The van der Waals surface area contributed by atoms with Crippen LogP contribution in [0.5, 0.6) is 5.75 Å². The summed E-state index contributed by atoms with van der Waals surface area (Å²) in [5.41, 5.74) is 0.940. The Bertz CT molecular complexity index is 737. The van der Waals surface area contributed by atoms with Crippen molar-refractivity contribution >= 4 is 5.91 Å². The van der Waals surface area contributed by atoms with Gasteiger partial charge in [-0.3, -0.25) is 4.79 Å². The van der Waals surface area contributed by atoms with Gasteiger partial charge >= 0.3 is 0 Å². The van der Waals surface area contributed by atoms with E-state index in [4.69, 9.17) is 0 Å². The molecule has 2 aromatic carbocycles. The summed E-state index contributed by atoms with van der Waals surface area (Å²) >= 11 is 0. The van der Waals surface area contributed by atoms with Crippen LogP contribution < -0.4 is 5.32 Å². The summed E-state index contributed by atoms with van der Waals surface area (Å²) in [6, 6.07) is 17.1. The van der Waals surface area contributed by atoms with Gasteiger partial charge < -0.3 is 15.3 Å². The summed E-state index contributed by atoms with van der Waals surface area (Å²) in [5.74, 6) is 0.0792. The van der Waals surface area contributed by atoms with E-state index in [1.165, 1.54) is 12.8 Å². The monoisotopic (exact) mass is 352 g/mol. The molecular formula is C22H28N2O2. The molecule has 26 heavy (non-hydrogen) atoms. The zero-order valence-electron chi connectivity index (χ0n) is 15.6. The van der Waals surface area contributed by atoms with Gasteiger partial charge in [0.2, 0.25) is 5.91 Å². The first-order chi connectivity index (χ1) is 12.5. The van der Waals surface area contributed by atoms with Crippen LogP contribution in [0.3, 0.4) is 0 Å². The molecule has 1 heterocycles. The van der Waals surface area contributed by atoms with Crippen LogP contribution in [-0.4, -0.2) is 35.5 Å². The molecule has 1 atom stereocenters. The second-order valence-corrected chi connectivity index (χ2v) is 7.59. The van der Waals surface area contributed by atoms with Crippen LogP contribution >= 0.6 is 0 Å². The lowest BCUT2D eigenvalue weighted by molar-refractivity contribution is -0.126. The molecular weight excluding hydrogens is 324 g/mol. The van der Waals surface area contributed by atoms with Gasteiger partial charge in [-0.25, -0.2) is 0 Å². The van der Waals surface area contributed by atoms with Crippen LogP contribution in [0, 0.1) is 0 Å². The highest BCUT2D eigenvalue weighted by Crippen LogP contribution is 2.31. The molecule has 4 heteroatoms. The fourth-order valence-corrected chi connectivity index (χ4v) is 3.61. The number of phenols is 1. The smallest absolute Gasteiger partial charge is 0.230 e. The average molecular weight is 352 g/mol. The van der Waals surface area contributed by atoms with Crippen molar-refractivity contribution in [1.82, 2.24) is 10.2 Å². The molecule has 1 fully saturated rings. The summed E-state index contributed by atoms with van der Waals surface area (Å²) in [4.78, 5) is 15.5. The molecule has 2 N–H and O–H groups in total. The maximum absolute atomic E-state index is 13.1. The average Bonchev–Trinajstić information content (AvgIpc) is 3.15. The highest BCUT2D eigenvalue weighted by molar-refractivity contribution is 5.88. The van der Waals surface area contributed by atoms with Gasteiger partial charge in [0, 0.05) is 12.1 Å². The van der Waals surface area contributed by atoms with E-state index in [2.05, 4.69) is 22.3 Å². The Labute approximate surface area is 155 Å². The topological polar surface area (TPSA) is 52.6 Å². The molecule has 0 bridgehead atoms. The summed E-state index contributed by atoms with van der Waals surface area (Å²) in [7, 11) is 0. The largest absolute Gasteiger partial charge is 0.508 e. The predicted octanol–water partition coefficient (Wildman–Crippen LogP) is 3.62. The minimum atomic E-state index is -0.816. The summed E-state index contributed by atoms with van der Waals surface area (Å²) in [5, 5.41) is 13.4. The van der Waals surface area contributed by atoms with Crippen molar-refractivity contribution in [2.45, 2.75) is 38.1 Å². The minimum absolute atomic E-state index is 0.0630. The third-order valence-corrected chi connectivity index (χ3v) is 5.29. The predicted molar refractivity (Wildman–Crippen MR) is 104 cm³/mol. The molecule has 1 aliphatic heterocycles. The standard InChI is InChI=1S/C22H28N2O2/c1-22(2,18-12-6-7-13-20(18)25)21(26)23-19(16-24-14-8-9-15-24)17-10-4-3-5-11-17/h3-7,10-13,19,25H,8-9,14-16H2,1-2H3,(H,23,26)/t19-/m1/s1. The maximum atomic E-state index is 13.1. The van der Waals surface area contributed by atoms with Crippen LogP contribution in [-0.2, 0) is 10.2 Å². The number of phenolic OH excluding ortho intramolecular Hbond substituents is 1. The SMILES string of the molecule is CC(C)(C(=O)N[C@H](CN1CCCC1)c1ccccc1)c1ccccc1O. The Morgan fingerprint density at radius 1 is 1.08 bits per heavy atom. The number of likely N-dealkylation sites (tertiary alicyclic amines) is 1. The van der Waals surface area contributed by atoms with Gasteiger partial charge in [-0.05, 0) is 51.4 Å². The molecule has 1 amide bonds. The van der Waals surface area contributed by atoms with Gasteiger partial charge in [0.05, 0.1) is 11.5 Å². The number of carbonyl (C=O) groups is 1. The lowest BCUT2D eigenvalue weighted by Crippen LogP contribution is -2.45. The lowest BCUT2D eigenvalue weighted by atomic mass is 9.82. The fraction of sp³-hybridized carbons (Fsp3) is 0.409. The zero-order valence-corrected chi connectivity index (χ0v) is 15.6. The first-order valence-electron chi connectivity index (χ1n) is 9.35. The van der Waals surface area contributed by atoms with Gasteiger partial charge in [0.15, 0.2) is 0 Å². The van der Waals surface area contributed by atoms with E-state index < -0.39 is 5.41 Å². The Kier molecular flexibility index (Phi) is 5.62. The van der Waals surface area contributed by atoms with E-state index in [-0.39, 0.29) is 17.7 Å². The fourth-order valence-electron chi connectivity index (χ4n) is 3.61. The number of nitrogens with zero attached hydrogens (tertiary/aromatic N) is 1. The Balaban J connectivity index is 1.81. The van der Waals surface area contributed by atoms with Gasteiger partial charge in [0.25, 0.3) is 0 Å². The molecule has 0 aliphatic carbocycles. The molecule has 0 spiro atoms. The highest BCUT2D eigenvalue weighted by atomic mass is 16.3. The maximum Gasteiger partial charge on any atom is 0.230 e. The van der Waals surface area contributed by atoms with E-state index in [1.54, 1.807) is 12.1 Å². The van der Waals surface area contributed by atoms with Gasteiger partial charge in [-0.2, -0.15) is 0 Å². The number of nitrogens with one attached hydrogen (secondary N) is 1. The number of rotatable bonds is 6. The van der Waals surface area contributed by atoms with E-state index in [0.717, 1.165) is 25.2 Å². The van der Waals surface area contributed by atoms with Crippen LogP contribution in [0.1, 0.15) is 43.9 Å². The van der Waals surface area contributed by atoms with Crippen molar-refractivity contribution < 1.29 is 9.90 Å². The van der Waals surface area contributed by atoms with E-state index in [0.29, 0.717) is 5.56 Å². The third kappa shape index (κ3) is 4.07. The van der Waals surface area contributed by atoms with Crippen LogP contribution in [0.25, 0.3) is 0 Å². The van der Waals surface area contributed by atoms with Crippen LogP contribution in [0.2, 0.25) is 0 Å².